The van der Waals surface area contributed by atoms with Crippen molar-refractivity contribution < 1.29 is 4.79 Å². The van der Waals surface area contributed by atoms with Crippen LogP contribution in [0.2, 0.25) is 0 Å². The molecule has 3 heteroatoms. The fourth-order valence-corrected chi connectivity index (χ4v) is 2.83. The molecule has 0 spiro atoms. The first-order chi connectivity index (χ1) is 4.91. The Hall–Kier alpha value is -0.271. The third kappa shape index (κ3) is 1.85. The van der Waals surface area contributed by atoms with E-state index >= 15 is 0 Å². The summed E-state index contributed by atoms with van der Waals surface area (Å²) in [6.45, 7) is 10.8. The van der Waals surface area contributed by atoms with Crippen LogP contribution in [-0.4, -0.2) is 36.7 Å². The predicted octanol–water partition coefficient (Wildman–Crippen LogP) is 1.44. The third-order valence-electron chi connectivity index (χ3n) is 1.60. The van der Waals surface area contributed by atoms with Crippen LogP contribution in [0.4, 0.5) is 4.79 Å². The van der Waals surface area contributed by atoms with Crippen molar-refractivity contribution in [2.75, 3.05) is 6.54 Å². The Morgan fingerprint density at radius 3 is 2.27 bits per heavy atom. The minimum atomic E-state index is -0.0295. The SMILES string of the molecule is C=C1CN(C(C)(C)C)C(=O)[Se]1. The van der Waals surface area contributed by atoms with Crippen molar-refractivity contribution in [3.63, 3.8) is 0 Å². The van der Waals surface area contributed by atoms with Crippen molar-refractivity contribution in [2.24, 2.45) is 0 Å². The van der Waals surface area contributed by atoms with Crippen LogP contribution in [0.5, 0.6) is 0 Å². The van der Waals surface area contributed by atoms with Crippen LogP contribution in [0, 0.1) is 0 Å². The van der Waals surface area contributed by atoms with Crippen molar-refractivity contribution in [3.05, 3.63) is 11.1 Å². The molecule has 1 fully saturated rings. The van der Waals surface area contributed by atoms with Gasteiger partial charge >= 0.3 is 73.4 Å². The van der Waals surface area contributed by atoms with Gasteiger partial charge < -0.3 is 0 Å². The number of hydrogen-bond acceptors (Lipinski definition) is 1. The summed E-state index contributed by atoms with van der Waals surface area (Å²) < 4.78 is 1.09. The second-order valence-corrected chi connectivity index (χ2v) is 6.04. The molecule has 0 atom stereocenters. The molecule has 62 valence electrons. The monoisotopic (exact) mass is 219 g/mol. The first kappa shape index (κ1) is 8.82. The topological polar surface area (TPSA) is 20.3 Å². The van der Waals surface area contributed by atoms with Gasteiger partial charge in [-0.05, 0) is 0 Å². The molecule has 1 rings (SSSR count). The van der Waals surface area contributed by atoms with Crippen molar-refractivity contribution >= 4 is 19.8 Å². The van der Waals surface area contributed by atoms with Crippen LogP contribution in [0.15, 0.2) is 11.1 Å². The summed E-state index contributed by atoms with van der Waals surface area (Å²) in [7, 11) is 0. The van der Waals surface area contributed by atoms with Gasteiger partial charge in [-0.25, -0.2) is 0 Å². The van der Waals surface area contributed by atoms with Gasteiger partial charge in [0.25, 0.3) is 0 Å². The molecule has 2 nitrogen and oxygen atoms in total. The maximum atomic E-state index is 11.3. The average Bonchev–Trinajstić information content (AvgIpc) is 2.08. The summed E-state index contributed by atoms with van der Waals surface area (Å²) in [6, 6.07) is 0. The summed E-state index contributed by atoms with van der Waals surface area (Å²) in [5.41, 5.74) is -0.0295. The van der Waals surface area contributed by atoms with Crippen LogP contribution in [0.3, 0.4) is 0 Å². The molecule has 0 N–H and O–H groups in total. The van der Waals surface area contributed by atoms with Gasteiger partial charge in [0.15, 0.2) is 0 Å². The standard InChI is InChI=1S/C8H13NOSe/c1-6-5-9(7(10)11-6)8(2,3)4/h1,5H2,2-4H3. The maximum absolute atomic E-state index is 11.3. The summed E-state index contributed by atoms with van der Waals surface area (Å²) >= 11 is 0.00722. The van der Waals surface area contributed by atoms with Crippen LogP contribution < -0.4 is 0 Å². The van der Waals surface area contributed by atoms with Crippen LogP contribution in [0.1, 0.15) is 20.8 Å². The summed E-state index contributed by atoms with van der Waals surface area (Å²) in [5.74, 6) is 0. The van der Waals surface area contributed by atoms with Gasteiger partial charge in [-0.2, -0.15) is 0 Å². The van der Waals surface area contributed by atoms with Crippen molar-refractivity contribution in [1.82, 2.24) is 4.90 Å². The molecule has 0 radical (unpaired) electrons. The van der Waals surface area contributed by atoms with Gasteiger partial charge in [0.1, 0.15) is 0 Å². The van der Waals surface area contributed by atoms with Gasteiger partial charge in [0.05, 0.1) is 0 Å². The fraction of sp³-hybridized carbons (Fsp3) is 0.625. The van der Waals surface area contributed by atoms with E-state index in [0.29, 0.717) is 0 Å². The van der Waals surface area contributed by atoms with Crippen LogP contribution >= 0.6 is 0 Å². The molecule has 1 aliphatic rings. The number of rotatable bonds is 0. The second kappa shape index (κ2) is 2.65. The van der Waals surface area contributed by atoms with Gasteiger partial charge in [0, 0.05) is 0 Å². The molecule has 0 unspecified atom stereocenters. The van der Waals surface area contributed by atoms with Crippen molar-refractivity contribution in [3.8, 4) is 0 Å². The number of carbonyl (C=O) groups is 1. The van der Waals surface area contributed by atoms with Gasteiger partial charge in [-0.1, -0.05) is 0 Å². The summed E-state index contributed by atoms with van der Waals surface area (Å²) in [5, 5.41) is 0. The molecule has 0 aromatic heterocycles. The zero-order valence-electron chi connectivity index (χ0n) is 7.18. The molecule has 0 saturated carbocycles. The Morgan fingerprint density at radius 1 is 1.55 bits per heavy atom. The average molecular weight is 218 g/mol. The normalized spacial score (nSPS) is 19.7. The van der Waals surface area contributed by atoms with Gasteiger partial charge in [-0.3, -0.25) is 0 Å². The molecular formula is C8H13NOSe. The Kier molecular flexibility index (Phi) is 2.12. The Morgan fingerprint density at radius 2 is 2.09 bits per heavy atom. The van der Waals surface area contributed by atoms with E-state index in [-0.39, 0.29) is 25.3 Å². The molecule has 1 saturated heterocycles. The van der Waals surface area contributed by atoms with Crippen molar-refractivity contribution in [1.29, 1.82) is 0 Å². The first-order valence-corrected chi connectivity index (χ1v) is 5.30. The van der Waals surface area contributed by atoms with E-state index in [2.05, 4.69) is 27.4 Å². The molecule has 0 aromatic rings. The van der Waals surface area contributed by atoms with E-state index in [1.807, 2.05) is 4.90 Å². The molecule has 0 aromatic carbocycles. The molecular weight excluding hydrogens is 205 g/mol. The first-order valence-electron chi connectivity index (χ1n) is 3.58. The van der Waals surface area contributed by atoms with E-state index in [4.69, 9.17) is 0 Å². The Bertz CT molecular complexity index is 205. The zero-order valence-corrected chi connectivity index (χ0v) is 8.89. The minimum absolute atomic E-state index is 0.00722. The van der Waals surface area contributed by atoms with E-state index in [1.54, 1.807) is 0 Å². The predicted molar refractivity (Wildman–Crippen MR) is 46.7 cm³/mol. The summed E-state index contributed by atoms with van der Waals surface area (Å²) in [4.78, 5) is 13.5. The molecule has 0 bridgehead atoms. The van der Waals surface area contributed by atoms with E-state index < -0.39 is 0 Å². The van der Waals surface area contributed by atoms with E-state index in [0.717, 1.165) is 11.0 Å². The quantitative estimate of drug-likeness (QED) is 0.563. The van der Waals surface area contributed by atoms with Crippen LogP contribution in [0.25, 0.3) is 0 Å². The fourth-order valence-electron chi connectivity index (χ4n) is 0.963. The molecule has 1 heterocycles. The summed E-state index contributed by atoms with van der Waals surface area (Å²) in [6.07, 6.45) is 0. The Balaban J connectivity index is 2.76. The number of hydrogen-bond donors (Lipinski definition) is 0. The van der Waals surface area contributed by atoms with Gasteiger partial charge in [-0.15, -0.1) is 0 Å². The zero-order chi connectivity index (χ0) is 8.65. The number of amides is 1. The van der Waals surface area contributed by atoms with Gasteiger partial charge in [0.2, 0.25) is 0 Å². The molecule has 11 heavy (non-hydrogen) atoms. The Labute approximate surface area is 73.8 Å². The second-order valence-electron chi connectivity index (χ2n) is 3.66. The molecule has 0 aliphatic carbocycles. The van der Waals surface area contributed by atoms with Crippen molar-refractivity contribution in [2.45, 2.75) is 26.3 Å². The third-order valence-corrected chi connectivity index (χ3v) is 3.30. The number of nitrogens with zero attached hydrogens (tertiary/aromatic N) is 1. The van der Waals surface area contributed by atoms with E-state index in [9.17, 15) is 4.79 Å². The molecule has 1 amide bonds. The molecule has 1 aliphatic heterocycles. The number of carbonyl (C=O) groups excluding carboxylic acids is 1. The van der Waals surface area contributed by atoms with E-state index in [1.165, 1.54) is 0 Å². The van der Waals surface area contributed by atoms with Crippen LogP contribution in [-0.2, 0) is 0 Å².